The third-order valence-corrected chi connectivity index (χ3v) is 5.60. The van der Waals surface area contributed by atoms with Crippen LogP contribution in [0.5, 0.6) is 11.5 Å². The van der Waals surface area contributed by atoms with Crippen molar-refractivity contribution in [2.24, 2.45) is 0 Å². The predicted molar refractivity (Wildman–Crippen MR) is 130 cm³/mol. The molecular weight excluding hydrogens is 515 g/mol. The lowest BCUT2D eigenvalue weighted by Crippen LogP contribution is -2.13. The monoisotopic (exact) mass is 530 g/mol. The second-order valence-electron chi connectivity index (χ2n) is 6.57. The lowest BCUT2D eigenvalue weighted by molar-refractivity contribution is -0.112. The molecular formula is C24H17BrCl2N2O3. The number of methoxy groups -OCH3 is 1. The molecule has 3 rings (SSSR count). The van der Waals surface area contributed by atoms with Gasteiger partial charge in [-0.25, -0.2) is 0 Å². The standard InChI is InChI=1S/C24H17BrCl2N2O3/c1-31-20-6-4-19(5-7-20)29-24(30)17(13-28)11-16-12-18(25)3-9-23(16)32-14-15-2-8-21(26)22(27)10-15/h2-12H,14H2,1H3,(H,29,30)/b17-11+. The summed E-state index contributed by atoms with van der Waals surface area (Å²) < 4.78 is 11.8. The van der Waals surface area contributed by atoms with Gasteiger partial charge in [0.1, 0.15) is 29.7 Å². The molecule has 0 aliphatic heterocycles. The number of amides is 1. The number of halogens is 3. The predicted octanol–water partition coefficient (Wildman–Crippen LogP) is 6.89. The first-order valence-corrected chi connectivity index (χ1v) is 10.9. The molecule has 162 valence electrons. The van der Waals surface area contributed by atoms with Gasteiger partial charge in [0.15, 0.2) is 0 Å². The number of rotatable bonds is 7. The molecule has 8 heteroatoms. The van der Waals surface area contributed by atoms with E-state index in [-0.39, 0.29) is 12.2 Å². The summed E-state index contributed by atoms with van der Waals surface area (Å²) in [6, 6.07) is 19.3. The van der Waals surface area contributed by atoms with Crippen LogP contribution in [0.1, 0.15) is 11.1 Å². The molecule has 32 heavy (non-hydrogen) atoms. The maximum Gasteiger partial charge on any atom is 0.266 e. The normalized spacial score (nSPS) is 10.9. The number of ether oxygens (including phenoxy) is 2. The minimum atomic E-state index is -0.534. The molecule has 1 N–H and O–H groups in total. The molecule has 0 fully saturated rings. The molecule has 0 atom stereocenters. The van der Waals surface area contributed by atoms with Gasteiger partial charge in [0.2, 0.25) is 0 Å². The summed E-state index contributed by atoms with van der Waals surface area (Å²) in [5, 5.41) is 13.2. The topological polar surface area (TPSA) is 71.3 Å². The molecule has 0 heterocycles. The van der Waals surface area contributed by atoms with E-state index in [0.29, 0.717) is 32.8 Å². The number of nitrogens with zero attached hydrogens (tertiary/aromatic N) is 1. The summed E-state index contributed by atoms with van der Waals surface area (Å²) in [7, 11) is 1.56. The van der Waals surface area contributed by atoms with Crippen LogP contribution in [0.4, 0.5) is 5.69 Å². The number of carbonyl (C=O) groups excluding carboxylic acids is 1. The zero-order valence-electron chi connectivity index (χ0n) is 16.9. The van der Waals surface area contributed by atoms with Crippen molar-refractivity contribution in [2.45, 2.75) is 6.61 Å². The minimum absolute atomic E-state index is 0.0710. The lowest BCUT2D eigenvalue weighted by Gasteiger charge is -2.11. The van der Waals surface area contributed by atoms with Crippen LogP contribution in [-0.4, -0.2) is 13.0 Å². The Morgan fingerprint density at radius 2 is 1.84 bits per heavy atom. The van der Waals surface area contributed by atoms with Crippen molar-refractivity contribution in [2.75, 3.05) is 12.4 Å². The van der Waals surface area contributed by atoms with Gasteiger partial charge < -0.3 is 14.8 Å². The van der Waals surface area contributed by atoms with Gasteiger partial charge in [-0.05, 0) is 66.2 Å². The van der Waals surface area contributed by atoms with E-state index in [9.17, 15) is 10.1 Å². The smallest absolute Gasteiger partial charge is 0.266 e. The van der Waals surface area contributed by atoms with Crippen molar-refractivity contribution in [3.8, 4) is 17.6 Å². The number of hydrogen-bond donors (Lipinski definition) is 1. The first-order chi connectivity index (χ1) is 15.4. The summed E-state index contributed by atoms with van der Waals surface area (Å²) in [6.07, 6.45) is 1.48. The van der Waals surface area contributed by atoms with Crippen LogP contribution in [0.15, 0.2) is 70.7 Å². The molecule has 0 aliphatic carbocycles. The molecule has 3 aromatic carbocycles. The van der Waals surface area contributed by atoms with Gasteiger partial charge >= 0.3 is 0 Å². The zero-order chi connectivity index (χ0) is 23.1. The number of hydrogen-bond acceptors (Lipinski definition) is 4. The van der Waals surface area contributed by atoms with Crippen LogP contribution in [0.2, 0.25) is 10.0 Å². The third kappa shape index (κ3) is 6.27. The highest BCUT2D eigenvalue weighted by Crippen LogP contribution is 2.28. The Bertz CT molecular complexity index is 1200. The maximum atomic E-state index is 12.6. The summed E-state index contributed by atoms with van der Waals surface area (Å²) in [4.78, 5) is 12.6. The summed E-state index contributed by atoms with van der Waals surface area (Å²) in [5.41, 5.74) is 1.87. The first-order valence-electron chi connectivity index (χ1n) is 9.33. The van der Waals surface area contributed by atoms with E-state index in [1.807, 2.05) is 18.2 Å². The van der Waals surface area contributed by atoms with Crippen LogP contribution in [0.3, 0.4) is 0 Å². The fourth-order valence-corrected chi connectivity index (χ4v) is 3.43. The van der Waals surface area contributed by atoms with E-state index in [1.54, 1.807) is 55.6 Å². The average Bonchev–Trinajstić information content (AvgIpc) is 2.79. The molecule has 5 nitrogen and oxygen atoms in total. The molecule has 3 aromatic rings. The quantitative estimate of drug-likeness (QED) is 0.266. The summed E-state index contributed by atoms with van der Waals surface area (Å²) in [5.74, 6) is 0.634. The molecule has 0 bridgehead atoms. The zero-order valence-corrected chi connectivity index (χ0v) is 20.0. The Kier molecular flexibility index (Phi) is 8.18. The van der Waals surface area contributed by atoms with Crippen molar-refractivity contribution in [3.05, 3.63) is 91.9 Å². The van der Waals surface area contributed by atoms with Gasteiger partial charge in [-0.3, -0.25) is 4.79 Å². The van der Waals surface area contributed by atoms with Crippen LogP contribution in [-0.2, 0) is 11.4 Å². The maximum absolute atomic E-state index is 12.6. The fraction of sp³-hybridized carbons (Fsp3) is 0.0833. The van der Waals surface area contributed by atoms with E-state index in [0.717, 1.165) is 10.0 Å². The van der Waals surface area contributed by atoms with E-state index in [4.69, 9.17) is 32.7 Å². The van der Waals surface area contributed by atoms with Crippen LogP contribution in [0, 0.1) is 11.3 Å². The highest BCUT2D eigenvalue weighted by molar-refractivity contribution is 9.10. The van der Waals surface area contributed by atoms with Gasteiger partial charge in [-0.2, -0.15) is 5.26 Å². The summed E-state index contributed by atoms with van der Waals surface area (Å²) in [6.45, 7) is 0.235. The van der Waals surface area contributed by atoms with Gasteiger partial charge in [0.25, 0.3) is 5.91 Å². The number of nitriles is 1. The van der Waals surface area contributed by atoms with E-state index >= 15 is 0 Å². The van der Waals surface area contributed by atoms with E-state index in [2.05, 4.69) is 21.2 Å². The van der Waals surface area contributed by atoms with E-state index < -0.39 is 5.91 Å². The van der Waals surface area contributed by atoms with Crippen molar-refractivity contribution in [1.82, 2.24) is 0 Å². The van der Waals surface area contributed by atoms with Crippen LogP contribution in [0.25, 0.3) is 6.08 Å². The second-order valence-corrected chi connectivity index (χ2v) is 8.30. The molecule has 0 aliphatic rings. The van der Waals surface area contributed by atoms with Crippen molar-refractivity contribution in [3.63, 3.8) is 0 Å². The Morgan fingerprint density at radius 3 is 2.50 bits per heavy atom. The minimum Gasteiger partial charge on any atom is -0.497 e. The van der Waals surface area contributed by atoms with Gasteiger partial charge in [0.05, 0.1) is 17.2 Å². The largest absolute Gasteiger partial charge is 0.497 e. The highest BCUT2D eigenvalue weighted by Gasteiger charge is 2.12. The Labute approximate surface area is 204 Å². The summed E-state index contributed by atoms with van der Waals surface area (Å²) >= 11 is 15.4. The van der Waals surface area contributed by atoms with Gasteiger partial charge in [-0.1, -0.05) is 45.2 Å². The van der Waals surface area contributed by atoms with Crippen molar-refractivity contribution in [1.29, 1.82) is 5.26 Å². The molecule has 0 saturated carbocycles. The van der Waals surface area contributed by atoms with Gasteiger partial charge in [0, 0.05) is 15.7 Å². The molecule has 0 unspecified atom stereocenters. The van der Waals surface area contributed by atoms with Gasteiger partial charge in [-0.15, -0.1) is 0 Å². The van der Waals surface area contributed by atoms with E-state index in [1.165, 1.54) is 6.08 Å². The number of benzene rings is 3. The lowest BCUT2D eigenvalue weighted by atomic mass is 10.1. The molecule has 0 spiro atoms. The molecule has 0 saturated heterocycles. The Balaban J connectivity index is 1.81. The molecule has 0 aromatic heterocycles. The number of anilines is 1. The number of nitrogens with one attached hydrogen (secondary N) is 1. The van der Waals surface area contributed by atoms with Crippen LogP contribution >= 0.6 is 39.1 Å². The number of carbonyl (C=O) groups is 1. The SMILES string of the molecule is COc1ccc(NC(=O)/C(C#N)=C/c2cc(Br)ccc2OCc2ccc(Cl)c(Cl)c2)cc1. The average molecular weight is 532 g/mol. The van der Waals surface area contributed by atoms with Crippen LogP contribution < -0.4 is 14.8 Å². The first kappa shape index (κ1) is 23.7. The Hall–Kier alpha value is -2.98. The third-order valence-electron chi connectivity index (χ3n) is 4.36. The Morgan fingerprint density at radius 1 is 1.09 bits per heavy atom. The fourth-order valence-electron chi connectivity index (χ4n) is 2.73. The molecule has 1 amide bonds. The highest BCUT2D eigenvalue weighted by atomic mass is 79.9. The van der Waals surface area contributed by atoms with Crippen molar-refractivity contribution >= 4 is 56.8 Å². The van der Waals surface area contributed by atoms with Crippen molar-refractivity contribution < 1.29 is 14.3 Å². The second kappa shape index (κ2) is 11.1. The molecule has 0 radical (unpaired) electrons.